The summed E-state index contributed by atoms with van der Waals surface area (Å²) in [4.78, 5) is 23.0. The maximum Gasteiger partial charge on any atom is 0.308 e. The monoisotopic (exact) mass is 257 g/mol. The zero-order valence-electron chi connectivity index (χ0n) is 10.7. The van der Waals surface area contributed by atoms with Crippen LogP contribution in [0.15, 0.2) is 47.3 Å². The second kappa shape index (κ2) is 5.52. The quantitative estimate of drug-likeness (QED) is 0.913. The van der Waals surface area contributed by atoms with E-state index in [9.17, 15) is 9.59 Å². The van der Waals surface area contributed by atoms with E-state index in [0.717, 1.165) is 11.3 Å². The second-order valence-electron chi connectivity index (χ2n) is 4.23. The Balaban J connectivity index is 2.56. The van der Waals surface area contributed by atoms with E-state index in [1.807, 2.05) is 37.3 Å². The second-order valence-corrected chi connectivity index (χ2v) is 4.23. The van der Waals surface area contributed by atoms with Crippen molar-refractivity contribution in [3.63, 3.8) is 0 Å². The Hall–Kier alpha value is -2.36. The maximum atomic E-state index is 12.2. The zero-order valence-corrected chi connectivity index (χ0v) is 10.7. The Morgan fingerprint density at radius 2 is 1.84 bits per heavy atom. The predicted octanol–water partition coefficient (Wildman–Crippen LogP) is 2.16. The van der Waals surface area contributed by atoms with Gasteiger partial charge in [-0.3, -0.25) is 9.59 Å². The van der Waals surface area contributed by atoms with Gasteiger partial charge in [0.05, 0.1) is 12.1 Å². The molecule has 1 N–H and O–H groups in total. The Morgan fingerprint density at radius 3 is 2.42 bits per heavy atom. The number of nitrogens with zero attached hydrogens (tertiary/aromatic N) is 1. The van der Waals surface area contributed by atoms with Gasteiger partial charge in [0.2, 0.25) is 0 Å². The van der Waals surface area contributed by atoms with Crippen molar-refractivity contribution in [3.8, 4) is 11.3 Å². The number of rotatable bonds is 4. The smallest absolute Gasteiger partial charge is 0.308 e. The molecule has 0 saturated heterocycles. The SMILES string of the molecule is CCn1c(-c2ccccc2)ccc(CC(=O)O)c1=O. The predicted molar refractivity (Wildman–Crippen MR) is 73.2 cm³/mol. The van der Waals surface area contributed by atoms with Gasteiger partial charge in [-0.15, -0.1) is 0 Å². The highest BCUT2D eigenvalue weighted by molar-refractivity contribution is 5.70. The highest BCUT2D eigenvalue weighted by atomic mass is 16.4. The Labute approximate surface area is 110 Å². The summed E-state index contributed by atoms with van der Waals surface area (Å²) in [5.41, 5.74) is 1.84. The Kier molecular flexibility index (Phi) is 3.80. The van der Waals surface area contributed by atoms with Crippen molar-refractivity contribution >= 4 is 5.97 Å². The van der Waals surface area contributed by atoms with Gasteiger partial charge in [0.15, 0.2) is 0 Å². The first-order valence-electron chi connectivity index (χ1n) is 6.13. The van der Waals surface area contributed by atoms with Crippen LogP contribution in [0.4, 0.5) is 0 Å². The van der Waals surface area contributed by atoms with Crippen molar-refractivity contribution in [3.05, 3.63) is 58.4 Å². The minimum absolute atomic E-state index is 0.230. The summed E-state index contributed by atoms with van der Waals surface area (Å²) in [7, 11) is 0. The lowest BCUT2D eigenvalue weighted by Crippen LogP contribution is -2.25. The molecule has 1 aromatic carbocycles. The summed E-state index contributed by atoms with van der Waals surface area (Å²) < 4.78 is 1.60. The number of carboxylic acid groups (broad SMARTS) is 1. The van der Waals surface area contributed by atoms with Gasteiger partial charge in [-0.25, -0.2) is 0 Å². The van der Waals surface area contributed by atoms with Gasteiger partial charge in [-0.2, -0.15) is 0 Å². The molecule has 19 heavy (non-hydrogen) atoms. The molecule has 1 aromatic heterocycles. The van der Waals surface area contributed by atoms with Crippen LogP contribution in [0.25, 0.3) is 11.3 Å². The van der Waals surface area contributed by atoms with Crippen LogP contribution >= 0.6 is 0 Å². The zero-order chi connectivity index (χ0) is 13.8. The highest BCUT2D eigenvalue weighted by Gasteiger charge is 2.11. The fourth-order valence-electron chi connectivity index (χ4n) is 2.10. The van der Waals surface area contributed by atoms with Crippen LogP contribution in [-0.4, -0.2) is 15.6 Å². The van der Waals surface area contributed by atoms with Crippen molar-refractivity contribution < 1.29 is 9.90 Å². The number of aliphatic carboxylic acids is 1. The molecule has 0 aliphatic rings. The van der Waals surface area contributed by atoms with Crippen LogP contribution in [0.1, 0.15) is 12.5 Å². The summed E-state index contributed by atoms with van der Waals surface area (Å²) in [6, 6.07) is 13.0. The van der Waals surface area contributed by atoms with E-state index in [-0.39, 0.29) is 12.0 Å². The van der Waals surface area contributed by atoms with Crippen LogP contribution < -0.4 is 5.56 Å². The van der Waals surface area contributed by atoms with Gasteiger partial charge in [-0.05, 0) is 18.6 Å². The lowest BCUT2D eigenvalue weighted by molar-refractivity contribution is -0.136. The largest absolute Gasteiger partial charge is 0.481 e. The summed E-state index contributed by atoms with van der Waals surface area (Å²) in [5, 5.41) is 8.79. The number of pyridine rings is 1. The fraction of sp³-hybridized carbons (Fsp3) is 0.200. The highest BCUT2D eigenvalue weighted by Crippen LogP contribution is 2.17. The van der Waals surface area contributed by atoms with Crippen LogP contribution in [-0.2, 0) is 17.8 Å². The Morgan fingerprint density at radius 1 is 1.16 bits per heavy atom. The summed E-state index contributed by atoms with van der Waals surface area (Å²) in [6.45, 7) is 2.38. The molecule has 0 fully saturated rings. The third kappa shape index (κ3) is 2.73. The van der Waals surface area contributed by atoms with Crippen molar-refractivity contribution in [2.24, 2.45) is 0 Å². The molecule has 0 aliphatic carbocycles. The van der Waals surface area contributed by atoms with Gasteiger partial charge < -0.3 is 9.67 Å². The number of carbonyl (C=O) groups is 1. The molecule has 4 heteroatoms. The van der Waals surface area contributed by atoms with E-state index in [1.54, 1.807) is 16.7 Å². The van der Waals surface area contributed by atoms with Crippen LogP contribution in [0, 0.1) is 0 Å². The molecule has 0 radical (unpaired) electrons. The van der Waals surface area contributed by atoms with Crippen LogP contribution in [0.5, 0.6) is 0 Å². The molecular weight excluding hydrogens is 242 g/mol. The number of hydrogen-bond acceptors (Lipinski definition) is 2. The molecule has 98 valence electrons. The van der Waals surface area contributed by atoms with Crippen molar-refractivity contribution in [1.29, 1.82) is 0 Å². The molecule has 2 aromatic rings. The van der Waals surface area contributed by atoms with E-state index in [0.29, 0.717) is 12.1 Å². The van der Waals surface area contributed by atoms with Gasteiger partial charge in [0.25, 0.3) is 5.56 Å². The normalized spacial score (nSPS) is 10.4. The lowest BCUT2D eigenvalue weighted by atomic mass is 10.1. The van der Waals surface area contributed by atoms with Gasteiger partial charge >= 0.3 is 5.97 Å². The first-order chi connectivity index (χ1) is 9.13. The van der Waals surface area contributed by atoms with Crippen molar-refractivity contribution in [2.45, 2.75) is 19.9 Å². The minimum atomic E-state index is -0.993. The molecule has 0 bridgehead atoms. The number of benzene rings is 1. The average molecular weight is 257 g/mol. The molecule has 0 saturated carbocycles. The summed E-state index contributed by atoms with van der Waals surface area (Å²) in [6.07, 6.45) is -0.242. The molecule has 4 nitrogen and oxygen atoms in total. The third-order valence-electron chi connectivity index (χ3n) is 2.98. The van der Waals surface area contributed by atoms with Crippen molar-refractivity contribution in [1.82, 2.24) is 4.57 Å². The summed E-state index contributed by atoms with van der Waals surface area (Å²) >= 11 is 0. The molecule has 2 rings (SSSR count). The van der Waals surface area contributed by atoms with E-state index in [1.165, 1.54) is 0 Å². The summed E-state index contributed by atoms with van der Waals surface area (Å²) in [5.74, 6) is -0.993. The first kappa shape index (κ1) is 13.1. The molecule has 0 aliphatic heterocycles. The standard InChI is InChI=1S/C15H15NO3/c1-2-16-13(11-6-4-3-5-7-11)9-8-12(15(16)19)10-14(17)18/h3-9H,2,10H2,1H3,(H,17,18). The number of aromatic nitrogens is 1. The molecule has 0 atom stereocenters. The maximum absolute atomic E-state index is 12.2. The minimum Gasteiger partial charge on any atom is -0.481 e. The lowest BCUT2D eigenvalue weighted by Gasteiger charge is -2.12. The molecule has 0 amide bonds. The number of carboxylic acids is 1. The van der Waals surface area contributed by atoms with Gasteiger partial charge in [-0.1, -0.05) is 36.4 Å². The number of hydrogen-bond donors (Lipinski definition) is 1. The Bertz CT molecular complexity index is 644. The van der Waals surface area contributed by atoms with E-state index in [4.69, 9.17) is 5.11 Å². The van der Waals surface area contributed by atoms with Gasteiger partial charge in [0, 0.05) is 12.1 Å². The van der Waals surface area contributed by atoms with Gasteiger partial charge in [0.1, 0.15) is 0 Å². The van der Waals surface area contributed by atoms with Crippen LogP contribution in [0.3, 0.4) is 0 Å². The van der Waals surface area contributed by atoms with Crippen LogP contribution in [0.2, 0.25) is 0 Å². The molecule has 0 spiro atoms. The van der Waals surface area contributed by atoms with E-state index in [2.05, 4.69) is 0 Å². The topological polar surface area (TPSA) is 59.3 Å². The first-order valence-corrected chi connectivity index (χ1v) is 6.13. The fourth-order valence-corrected chi connectivity index (χ4v) is 2.10. The molecule has 0 unspecified atom stereocenters. The third-order valence-corrected chi connectivity index (χ3v) is 2.98. The molecular formula is C15H15NO3. The van der Waals surface area contributed by atoms with Crippen molar-refractivity contribution in [2.75, 3.05) is 0 Å². The molecule has 1 heterocycles. The van der Waals surface area contributed by atoms with E-state index < -0.39 is 5.97 Å². The van der Waals surface area contributed by atoms with E-state index >= 15 is 0 Å². The average Bonchev–Trinajstić information content (AvgIpc) is 2.41.